The van der Waals surface area contributed by atoms with E-state index in [0.29, 0.717) is 6.42 Å². The van der Waals surface area contributed by atoms with Gasteiger partial charge in [-0.2, -0.15) is 0 Å². The number of carbonyl (C=O) groups excluding carboxylic acids is 1. The second kappa shape index (κ2) is 11.1. The number of aromatic nitrogens is 1. The molecular weight excluding hydrogens is 476 g/mol. The Balaban J connectivity index is 1.18. The van der Waals surface area contributed by atoms with Gasteiger partial charge in [0.05, 0.1) is 5.71 Å². The summed E-state index contributed by atoms with van der Waals surface area (Å²) in [5, 5.41) is 12.8. The van der Waals surface area contributed by atoms with Crippen molar-refractivity contribution in [2.45, 2.75) is 57.3 Å². The molecule has 2 aromatic heterocycles. The molecule has 38 heavy (non-hydrogen) atoms. The molecular formula is C31H36N4O3. The minimum absolute atomic E-state index is 0.288. The first kappa shape index (κ1) is 24.9. The quantitative estimate of drug-likeness (QED) is 0.338. The van der Waals surface area contributed by atoms with Gasteiger partial charge in [0.2, 0.25) is 5.91 Å². The van der Waals surface area contributed by atoms with Crippen LogP contribution in [0.1, 0.15) is 67.8 Å². The molecule has 0 saturated carbocycles. The van der Waals surface area contributed by atoms with E-state index in [1.807, 2.05) is 12.1 Å². The van der Waals surface area contributed by atoms with Gasteiger partial charge in [0.25, 0.3) is 0 Å². The van der Waals surface area contributed by atoms with Crippen molar-refractivity contribution < 1.29 is 14.4 Å². The van der Waals surface area contributed by atoms with Crippen molar-refractivity contribution in [1.82, 2.24) is 14.8 Å². The Kier molecular flexibility index (Phi) is 7.27. The molecule has 2 fully saturated rings. The van der Waals surface area contributed by atoms with E-state index in [1.54, 1.807) is 12.4 Å². The molecule has 0 spiro atoms. The lowest BCUT2D eigenvalue weighted by molar-refractivity contribution is -0.132. The molecule has 3 aliphatic rings. The monoisotopic (exact) mass is 512 g/mol. The van der Waals surface area contributed by atoms with Crippen LogP contribution in [0.25, 0.3) is 22.5 Å². The Labute approximate surface area is 224 Å². The largest absolute Gasteiger partial charge is 0.460 e. The number of benzene rings is 1. The zero-order valence-electron chi connectivity index (χ0n) is 21.9. The summed E-state index contributed by atoms with van der Waals surface area (Å²) in [6.07, 6.45) is 11.5. The molecule has 0 unspecified atom stereocenters. The minimum atomic E-state index is 0.288. The molecule has 4 heterocycles. The number of nitrogens with zero attached hydrogens (tertiary/aromatic N) is 4. The first-order chi connectivity index (χ1) is 18.7. The Morgan fingerprint density at radius 2 is 1.74 bits per heavy atom. The zero-order chi connectivity index (χ0) is 25.9. The normalized spacial score (nSPS) is 19.7. The maximum atomic E-state index is 12.9. The van der Waals surface area contributed by atoms with E-state index in [9.17, 15) is 10.0 Å². The molecule has 6 rings (SSSR count). The lowest BCUT2D eigenvalue weighted by Gasteiger charge is -2.32. The molecule has 1 aliphatic carbocycles. The number of hydrogen-bond acceptors (Lipinski definition) is 6. The molecule has 7 nitrogen and oxygen atoms in total. The highest BCUT2D eigenvalue weighted by Gasteiger charge is 2.28. The van der Waals surface area contributed by atoms with Crippen LogP contribution in [0.2, 0.25) is 0 Å². The van der Waals surface area contributed by atoms with Crippen molar-refractivity contribution in [2.24, 2.45) is 5.16 Å². The number of likely N-dealkylation sites (tertiary alicyclic amines) is 2. The summed E-state index contributed by atoms with van der Waals surface area (Å²) >= 11 is 0. The summed E-state index contributed by atoms with van der Waals surface area (Å²) in [6.45, 7) is 4.73. The molecule has 2 saturated heterocycles. The predicted molar refractivity (Wildman–Crippen MR) is 147 cm³/mol. The van der Waals surface area contributed by atoms with Crippen LogP contribution >= 0.6 is 0 Å². The third-order valence-electron chi connectivity index (χ3n) is 8.51. The summed E-state index contributed by atoms with van der Waals surface area (Å²) in [7, 11) is 0. The number of oxime groups is 1. The molecule has 3 aromatic rings. The number of aryl methyl sites for hydroxylation is 1. The van der Waals surface area contributed by atoms with E-state index >= 15 is 0 Å². The molecule has 2 aliphatic heterocycles. The van der Waals surface area contributed by atoms with E-state index in [-0.39, 0.29) is 11.8 Å². The maximum Gasteiger partial charge on any atom is 0.223 e. The van der Waals surface area contributed by atoms with Crippen molar-refractivity contribution in [3.05, 3.63) is 65.7 Å². The van der Waals surface area contributed by atoms with Gasteiger partial charge in [-0.25, -0.2) is 0 Å². The maximum absolute atomic E-state index is 12.9. The van der Waals surface area contributed by atoms with Gasteiger partial charge in [-0.15, -0.1) is 0 Å². The molecule has 1 amide bonds. The number of furan rings is 1. The molecule has 0 bridgehead atoms. The average molecular weight is 513 g/mol. The summed E-state index contributed by atoms with van der Waals surface area (Å²) < 4.78 is 6.58. The van der Waals surface area contributed by atoms with Crippen LogP contribution < -0.4 is 0 Å². The van der Waals surface area contributed by atoms with Crippen molar-refractivity contribution in [2.75, 3.05) is 32.7 Å². The van der Waals surface area contributed by atoms with Gasteiger partial charge in [-0.3, -0.25) is 9.78 Å². The summed E-state index contributed by atoms with van der Waals surface area (Å²) in [5.41, 5.74) is 6.17. The van der Waals surface area contributed by atoms with Crippen molar-refractivity contribution >= 4 is 11.6 Å². The summed E-state index contributed by atoms with van der Waals surface area (Å²) in [4.78, 5) is 21.6. The molecule has 7 heteroatoms. The first-order valence-electron chi connectivity index (χ1n) is 14.1. The van der Waals surface area contributed by atoms with Gasteiger partial charge in [0, 0.05) is 61.1 Å². The third kappa shape index (κ3) is 5.12. The zero-order valence-corrected chi connectivity index (χ0v) is 21.9. The van der Waals surface area contributed by atoms with Crippen molar-refractivity contribution in [3.63, 3.8) is 0 Å². The second-order valence-corrected chi connectivity index (χ2v) is 10.9. The molecule has 198 valence electrons. The number of hydrogen-bond donors (Lipinski definition) is 1. The van der Waals surface area contributed by atoms with Crippen LogP contribution in [0.3, 0.4) is 0 Å². The van der Waals surface area contributed by atoms with Crippen molar-refractivity contribution in [1.29, 1.82) is 0 Å². The number of pyridine rings is 1. The fourth-order valence-corrected chi connectivity index (χ4v) is 6.29. The second-order valence-electron chi connectivity index (χ2n) is 10.9. The van der Waals surface area contributed by atoms with Gasteiger partial charge in [0.15, 0.2) is 0 Å². The molecule has 1 N–H and O–H groups in total. The van der Waals surface area contributed by atoms with Crippen LogP contribution in [-0.4, -0.2) is 64.3 Å². The summed E-state index contributed by atoms with van der Waals surface area (Å²) in [5.74, 6) is 2.43. The molecule has 1 aromatic carbocycles. The van der Waals surface area contributed by atoms with Crippen molar-refractivity contribution in [3.8, 4) is 22.5 Å². The van der Waals surface area contributed by atoms with Crippen LogP contribution in [-0.2, 0) is 11.2 Å². The first-order valence-corrected chi connectivity index (χ1v) is 14.1. The number of piperidine rings is 2. The third-order valence-corrected chi connectivity index (χ3v) is 8.51. The van der Waals surface area contributed by atoms with Crippen LogP contribution in [0, 0.1) is 0 Å². The fraction of sp³-hybridized carbons (Fsp3) is 0.452. The van der Waals surface area contributed by atoms with E-state index in [0.717, 1.165) is 97.9 Å². The van der Waals surface area contributed by atoms with Crippen LogP contribution in [0.4, 0.5) is 0 Å². The predicted octanol–water partition coefficient (Wildman–Crippen LogP) is 5.72. The molecule has 0 atom stereocenters. The number of fused-ring (bicyclic) bond motifs is 1. The number of carbonyl (C=O) groups is 1. The Morgan fingerprint density at radius 1 is 0.947 bits per heavy atom. The van der Waals surface area contributed by atoms with Gasteiger partial charge in [0.1, 0.15) is 11.5 Å². The number of amides is 1. The smallest absolute Gasteiger partial charge is 0.223 e. The van der Waals surface area contributed by atoms with Crippen LogP contribution in [0.15, 0.2) is 58.4 Å². The topological polar surface area (TPSA) is 82.2 Å². The highest BCUT2D eigenvalue weighted by atomic mass is 16.4. The fourth-order valence-electron chi connectivity index (χ4n) is 6.29. The van der Waals surface area contributed by atoms with Gasteiger partial charge >= 0.3 is 0 Å². The van der Waals surface area contributed by atoms with E-state index < -0.39 is 0 Å². The van der Waals surface area contributed by atoms with Gasteiger partial charge in [-0.1, -0.05) is 29.8 Å². The lowest BCUT2D eigenvalue weighted by Crippen LogP contribution is -2.40. The average Bonchev–Trinajstić information content (AvgIpc) is 3.61. The van der Waals surface area contributed by atoms with Crippen LogP contribution in [0.5, 0.6) is 0 Å². The van der Waals surface area contributed by atoms with Gasteiger partial charge < -0.3 is 19.4 Å². The Bertz CT molecular complexity index is 1300. The SMILES string of the molecule is O=C(CCN1CCCCC1)N1CCC(c2cc(-c3ccc4c(c3)CCC4=NO)c(-c3ccncc3)o2)CC1. The van der Waals surface area contributed by atoms with Gasteiger partial charge in [-0.05, 0) is 80.9 Å². The van der Waals surface area contributed by atoms with E-state index in [2.05, 4.69) is 44.2 Å². The Hall–Kier alpha value is -3.45. The highest BCUT2D eigenvalue weighted by Crippen LogP contribution is 2.41. The molecule has 0 radical (unpaired) electrons. The standard InChI is InChI=1S/C31H36N4O3/c36-30(12-17-34-15-2-1-3-16-34)35-18-10-22(11-19-35)29-21-27(31(38-29)23-8-13-32-14-9-23)25-4-6-26-24(20-25)5-7-28(26)33-37/h4,6,8-9,13-14,20-22,37H,1-3,5,7,10-12,15-19H2. The number of rotatable bonds is 6. The summed E-state index contributed by atoms with van der Waals surface area (Å²) in [6, 6.07) is 12.5. The van der Waals surface area contributed by atoms with E-state index in [4.69, 9.17) is 4.42 Å². The lowest BCUT2D eigenvalue weighted by atomic mass is 9.92. The van der Waals surface area contributed by atoms with E-state index in [1.165, 1.54) is 24.8 Å². The minimum Gasteiger partial charge on any atom is -0.460 e. The highest BCUT2D eigenvalue weighted by molar-refractivity contribution is 6.04. The Morgan fingerprint density at radius 3 is 2.50 bits per heavy atom.